The van der Waals surface area contributed by atoms with Crippen molar-refractivity contribution >= 4 is 44.3 Å². The van der Waals surface area contributed by atoms with E-state index in [2.05, 4.69) is 81.4 Å². The highest BCUT2D eigenvalue weighted by atomic mass is 79.9. The molecule has 0 saturated carbocycles. The molecule has 2 aromatic heterocycles. The van der Waals surface area contributed by atoms with E-state index in [1.807, 2.05) is 22.7 Å². The van der Waals surface area contributed by atoms with Crippen LogP contribution in [0, 0.1) is 6.92 Å². The highest BCUT2D eigenvalue weighted by molar-refractivity contribution is 9.10. The maximum absolute atomic E-state index is 3.67. The topological polar surface area (TPSA) is 12.0 Å². The Balaban J connectivity index is 1.83. The fourth-order valence-corrected chi connectivity index (χ4v) is 4.13. The first-order valence-corrected chi connectivity index (χ1v) is 9.36. The lowest BCUT2D eigenvalue weighted by atomic mass is 10.1. The number of aryl methyl sites for hydroxylation is 1. The summed E-state index contributed by atoms with van der Waals surface area (Å²) in [6, 6.07) is 15.4. The minimum Gasteiger partial charge on any atom is -0.377 e. The number of nitrogens with one attached hydrogen (secondary N) is 1. The van der Waals surface area contributed by atoms with Crippen LogP contribution < -0.4 is 5.32 Å². The largest absolute Gasteiger partial charge is 0.377 e. The number of hydrogen-bond acceptors (Lipinski definition) is 3. The van der Waals surface area contributed by atoms with Gasteiger partial charge >= 0.3 is 0 Å². The molecule has 1 atom stereocenters. The first-order chi connectivity index (χ1) is 10.2. The molecule has 1 unspecified atom stereocenters. The normalized spacial score (nSPS) is 12.3. The van der Waals surface area contributed by atoms with Gasteiger partial charge in [-0.2, -0.15) is 0 Å². The lowest BCUT2D eigenvalue weighted by Gasteiger charge is -2.19. The molecule has 0 fully saturated rings. The standard InChI is InChI=1S/C17H16BrNS2/c1-12-6-7-13(10-15(12)18)19-16(17-5-3-9-21-17)11-14-4-2-8-20-14/h2-10,16,19H,11H2,1H3. The maximum atomic E-state index is 3.67. The predicted octanol–water partition coefficient (Wildman–Crippen LogP) is 6.28. The predicted molar refractivity (Wildman–Crippen MR) is 97.6 cm³/mol. The van der Waals surface area contributed by atoms with Crippen LogP contribution >= 0.6 is 38.6 Å². The van der Waals surface area contributed by atoms with Gasteiger partial charge in [0.15, 0.2) is 0 Å². The summed E-state index contributed by atoms with van der Waals surface area (Å²) in [6.07, 6.45) is 1.02. The molecule has 108 valence electrons. The van der Waals surface area contributed by atoms with E-state index >= 15 is 0 Å². The molecule has 1 aromatic carbocycles. The Kier molecular flexibility index (Phi) is 4.78. The average molecular weight is 378 g/mol. The summed E-state index contributed by atoms with van der Waals surface area (Å²) in [5.74, 6) is 0. The van der Waals surface area contributed by atoms with Gasteiger partial charge in [-0.25, -0.2) is 0 Å². The number of halogens is 1. The van der Waals surface area contributed by atoms with E-state index in [1.54, 1.807) is 0 Å². The van der Waals surface area contributed by atoms with E-state index in [9.17, 15) is 0 Å². The molecule has 0 aliphatic heterocycles. The zero-order valence-corrected chi connectivity index (χ0v) is 14.9. The fourth-order valence-electron chi connectivity index (χ4n) is 2.23. The number of anilines is 1. The van der Waals surface area contributed by atoms with Crippen molar-refractivity contribution in [3.8, 4) is 0 Å². The van der Waals surface area contributed by atoms with E-state index in [-0.39, 0.29) is 0 Å². The SMILES string of the molecule is Cc1ccc(NC(Cc2cccs2)c2cccs2)cc1Br. The van der Waals surface area contributed by atoms with Gasteiger partial charge < -0.3 is 5.32 Å². The summed E-state index contributed by atoms with van der Waals surface area (Å²) in [5.41, 5.74) is 2.41. The Morgan fingerprint density at radius 3 is 2.57 bits per heavy atom. The fraction of sp³-hybridized carbons (Fsp3) is 0.176. The van der Waals surface area contributed by atoms with Crippen molar-refractivity contribution in [3.05, 3.63) is 73.0 Å². The molecule has 0 aliphatic carbocycles. The van der Waals surface area contributed by atoms with Gasteiger partial charge in [0.05, 0.1) is 6.04 Å². The van der Waals surface area contributed by atoms with Crippen LogP contribution in [0.4, 0.5) is 5.69 Å². The lowest BCUT2D eigenvalue weighted by molar-refractivity contribution is 0.802. The Labute approximate surface area is 141 Å². The quantitative estimate of drug-likeness (QED) is 0.551. The third kappa shape index (κ3) is 3.76. The lowest BCUT2D eigenvalue weighted by Crippen LogP contribution is -2.11. The van der Waals surface area contributed by atoms with Crippen molar-refractivity contribution in [2.24, 2.45) is 0 Å². The van der Waals surface area contributed by atoms with E-state index in [0.29, 0.717) is 6.04 Å². The van der Waals surface area contributed by atoms with Crippen molar-refractivity contribution in [1.29, 1.82) is 0 Å². The van der Waals surface area contributed by atoms with Crippen molar-refractivity contribution in [2.75, 3.05) is 5.32 Å². The molecule has 3 rings (SSSR count). The molecule has 0 radical (unpaired) electrons. The number of hydrogen-bond donors (Lipinski definition) is 1. The van der Waals surface area contributed by atoms with E-state index < -0.39 is 0 Å². The van der Waals surface area contributed by atoms with Gasteiger partial charge in [0, 0.05) is 26.3 Å². The second-order valence-corrected chi connectivity index (χ2v) is 7.83. The van der Waals surface area contributed by atoms with Gasteiger partial charge in [-0.3, -0.25) is 0 Å². The Morgan fingerprint density at radius 2 is 1.90 bits per heavy atom. The average Bonchev–Trinajstić information content (AvgIpc) is 3.15. The van der Waals surface area contributed by atoms with Crippen LogP contribution in [0.1, 0.15) is 21.4 Å². The molecule has 2 heterocycles. The van der Waals surface area contributed by atoms with Crippen LogP contribution in [-0.2, 0) is 6.42 Å². The summed E-state index contributed by atoms with van der Waals surface area (Å²) in [7, 11) is 0. The molecule has 1 N–H and O–H groups in total. The summed E-state index contributed by atoms with van der Waals surface area (Å²) in [4.78, 5) is 2.78. The summed E-state index contributed by atoms with van der Waals surface area (Å²) in [6.45, 7) is 2.11. The molecular formula is C17H16BrNS2. The van der Waals surface area contributed by atoms with Crippen molar-refractivity contribution in [2.45, 2.75) is 19.4 Å². The highest BCUT2D eigenvalue weighted by Gasteiger charge is 2.14. The van der Waals surface area contributed by atoms with Gasteiger partial charge in [-0.15, -0.1) is 22.7 Å². The van der Waals surface area contributed by atoms with Crippen LogP contribution in [-0.4, -0.2) is 0 Å². The van der Waals surface area contributed by atoms with Gasteiger partial charge in [0.1, 0.15) is 0 Å². The second kappa shape index (κ2) is 6.77. The van der Waals surface area contributed by atoms with Crippen LogP contribution in [0.3, 0.4) is 0 Å². The van der Waals surface area contributed by atoms with Gasteiger partial charge in [-0.05, 0) is 47.5 Å². The Morgan fingerprint density at radius 1 is 1.10 bits per heavy atom. The van der Waals surface area contributed by atoms with Crippen molar-refractivity contribution < 1.29 is 0 Å². The maximum Gasteiger partial charge on any atom is 0.0654 e. The molecule has 0 amide bonds. The van der Waals surface area contributed by atoms with Crippen LogP contribution in [0.15, 0.2) is 57.7 Å². The molecule has 3 aromatic rings. The van der Waals surface area contributed by atoms with Gasteiger partial charge in [-0.1, -0.05) is 34.1 Å². The summed E-state index contributed by atoms with van der Waals surface area (Å²) < 4.78 is 1.15. The summed E-state index contributed by atoms with van der Waals surface area (Å²) >= 11 is 7.24. The number of rotatable bonds is 5. The molecule has 21 heavy (non-hydrogen) atoms. The van der Waals surface area contributed by atoms with Crippen LogP contribution in [0.25, 0.3) is 0 Å². The Bertz CT molecular complexity index is 690. The zero-order valence-electron chi connectivity index (χ0n) is 11.7. The molecule has 0 bridgehead atoms. The van der Waals surface area contributed by atoms with Crippen LogP contribution in [0.5, 0.6) is 0 Å². The third-order valence-electron chi connectivity index (χ3n) is 3.38. The van der Waals surface area contributed by atoms with Crippen molar-refractivity contribution in [1.82, 2.24) is 0 Å². The first kappa shape index (κ1) is 14.8. The van der Waals surface area contributed by atoms with Gasteiger partial charge in [0.25, 0.3) is 0 Å². The van der Waals surface area contributed by atoms with E-state index in [4.69, 9.17) is 0 Å². The van der Waals surface area contributed by atoms with Gasteiger partial charge in [0.2, 0.25) is 0 Å². The molecule has 0 spiro atoms. The molecule has 4 heteroatoms. The van der Waals surface area contributed by atoms with Crippen LogP contribution in [0.2, 0.25) is 0 Å². The van der Waals surface area contributed by atoms with E-state index in [1.165, 1.54) is 15.3 Å². The second-order valence-electron chi connectivity index (χ2n) is 4.96. The monoisotopic (exact) mass is 377 g/mol. The molecular weight excluding hydrogens is 362 g/mol. The minimum absolute atomic E-state index is 0.318. The molecule has 0 aliphatic rings. The molecule has 1 nitrogen and oxygen atoms in total. The first-order valence-electron chi connectivity index (χ1n) is 6.81. The number of benzene rings is 1. The molecule has 0 saturated heterocycles. The van der Waals surface area contributed by atoms with E-state index in [0.717, 1.165) is 16.6 Å². The summed E-state index contributed by atoms with van der Waals surface area (Å²) in [5, 5.41) is 7.96. The Hall–Kier alpha value is -1.10. The highest BCUT2D eigenvalue weighted by Crippen LogP contribution is 2.30. The minimum atomic E-state index is 0.318. The smallest absolute Gasteiger partial charge is 0.0654 e. The zero-order chi connectivity index (χ0) is 14.7. The third-order valence-corrected chi connectivity index (χ3v) is 6.12. The van der Waals surface area contributed by atoms with Crippen molar-refractivity contribution in [3.63, 3.8) is 0 Å². The number of thiophene rings is 2.